The largest absolute Gasteiger partial charge is 0.359 e. The molecule has 4 rings (SSSR count). The van der Waals surface area contributed by atoms with Gasteiger partial charge in [0, 0.05) is 36.9 Å². The van der Waals surface area contributed by atoms with Crippen LogP contribution < -0.4 is 5.32 Å². The van der Waals surface area contributed by atoms with Gasteiger partial charge in [-0.15, -0.1) is 0 Å². The minimum absolute atomic E-state index is 0.101. The van der Waals surface area contributed by atoms with Gasteiger partial charge in [-0.25, -0.2) is 0 Å². The highest BCUT2D eigenvalue weighted by molar-refractivity contribution is 9.10. The van der Waals surface area contributed by atoms with Crippen molar-refractivity contribution in [3.05, 3.63) is 112 Å². The standard InChI is InChI=1S/C28H27BrN4O/c1-21-12-13-26(25(29)18-21)31-20-24(19-30)28(34)33-16-14-32(15-17-33)27(22-8-4-2-5-9-22)23-10-6-3-7-11-23/h2-13,18,20,27,31H,14-17H2,1H3/b24-20-. The summed E-state index contributed by atoms with van der Waals surface area (Å²) in [6.45, 7) is 4.62. The lowest BCUT2D eigenvalue weighted by Crippen LogP contribution is -2.50. The number of benzene rings is 3. The molecular formula is C28H27BrN4O. The summed E-state index contributed by atoms with van der Waals surface area (Å²) in [5.41, 5.74) is 4.51. The molecule has 0 saturated carbocycles. The van der Waals surface area contributed by atoms with Gasteiger partial charge in [-0.2, -0.15) is 5.26 Å². The lowest BCUT2D eigenvalue weighted by Gasteiger charge is -2.39. The molecule has 3 aromatic rings. The maximum absolute atomic E-state index is 13.1. The lowest BCUT2D eigenvalue weighted by molar-refractivity contribution is -0.128. The smallest absolute Gasteiger partial charge is 0.266 e. The topological polar surface area (TPSA) is 59.4 Å². The number of hydrogen-bond acceptors (Lipinski definition) is 4. The summed E-state index contributed by atoms with van der Waals surface area (Å²) in [5.74, 6) is -0.242. The summed E-state index contributed by atoms with van der Waals surface area (Å²) in [5, 5.41) is 12.7. The van der Waals surface area contributed by atoms with E-state index < -0.39 is 0 Å². The molecule has 1 amide bonds. The Balaban J connectivity index is 1.45. The fraction of sp³-hybridized carbons (Fsp3) is 0.214. The second kappa shape index (κ2) is 11.1. The Labute approximate surface area is 209 Å². The number of amides is 1. The van der Waals surface area contributed by atoms with E-state index in [1.54, 1.807) is 4.90 Å². The zero-order chi connectivity index (χ0) is 23.9. The van der Waals surface area contributed by atoms with E-state index in [1.165, 1.54) is 17.3 Å². The van der Waals surface area contributed by atoms with Crippen molar-refractivity contribution in [3.63, 3.8) is 0 Å². The quantitative estimate of drug-likeness (QED) is 0.348. The van der Waals surface area contributed by atoms with E-state index in [2.05, 4.69) is 80.7 Å². The van der Waals surface area contributed by atoms with Gasteiger partial charge in [-0.3, -0.25) is 9.69 Å². The van der Waals surface area contributed by atoms with Crippen molar-refractivity contribution in [3.8, 4) is 6.07 Å². The monoisotopic (exact) mass is 514 g/mol. The van der Waals surface area contributed by atoms with Crippen molar-refractivity contribution in [2.75, 3.05) is 31.5 Å². The van der Waals surface area contributed by atoms with Crippen LogP contribution in [0, 0.1) is 18.3 Å². The summed E-state index contributed by atoms with van der Waals surface area (Å²) >= 11 is 3.52. The van der Waals surface area contributed by atoms with Gasteiger partial charge in [0.05, 0.1) is 11.7 Å². The van der Waals surface area contributed by atoms with Crippen LogP contribution in [0.3, 0.4) is 0 Å². The Morgan fingerprint density at radius 3 is 2.09 bits per heavy atom. The molecule has 0 aliphatic carbocycles. The molecule has 1 aliphatic rings. The van der Waals surface area contributed by atoms with Crippen LogP contribution in [0.1, 0.15) is 22.7 Å². The molecule has 172 valence electrons. The third-order valence-corrected chi connectivity index (χ3v) is 6.70. The van der Waals surface area contributed by atoms with E-state index in [0.29, 0.717) is 13.1 Å². The van der Waals surface area contributed by atoms with Crippen LogP contribution >= 0.6 is 15.9 Å². The summed E-state index contributed by atoms with van der Waals surface area (Å²) < 4.78 is 0.884. The van der Waals surface area contributed by atoms with Gasteiger partial charge < -0.3 is 10.2 Å². The van der Waals surface area contributed by atoms with Crippen LogP contribution in [0.5, 0.6) is 0 Å². The predicted molar refractivity (Wildman–Crippen MR) is 139 cm³/mol. The predicted octanol–water partition coefficient (Wildman–Crippen LogP) is 5.51. The van der Waals surface area contributed by atoms with Gasteiger partial charge >= 0.3 is 0 Å². The molecule has 1 N–H and O–H groups in total. The Morgan fingerprint density at radius 2 is 1.56 bits per heavy atom. The number of piperazine rings is 1. The molecule has 1 saturated heterocycles. The van der Waals surface area contributed by atoms with Gasteiger partial charge in [0.1, 0.15) is 11.6 Å². The fourth-order valence-electron chi connectivity index (χ4n) is 4.27. The molecule has 0 radical (unpaired) electrons. The average Bonchev–Trinajstić information content (AvgIpc) is 2.87. The first-order valence-electron chi connectivity index (χ1n) is 11.3. The number of nitrogens with zero attached hydrogens (tertiary/aromatic N) is 3. The molecule has 0 spiro atoms. The first kappa shape index (κ1) is 23.7. The van der Waals surface area contributed by atoms with Gasteiger partial charge in [0.25, 0.3) is 5.91 Å². The van der Waals surface area contributed by atoms with Crippen molar-refractivity contribution >= 4 is 27.5 Å². The number of hydrogen-bond donors (Lipinski definition) is 1. The molecule has 0 unspecified atom stereocenters. The van der Waals surface area contributed by atoms with Crippen molar-refractivity contribution in [1.82, 2.24) is 9.80 Å². The van der Waals surface area contributed by atoms with E-state index in [0.717, 1.165) is 28.8 Å². The highest BCUT2D eigenvalue weighted by Crippen LogP contribution is 2.29. The third-order valence-electron chi connectivity index (χ3n) is 6.04. The molecule has 6 heteroatoms. The molecule has 1 fully saturated rings. The Morgan fingerprint density at radius 1 is 0.971 bits per heavy atom. The van der Waals surface area contributed by atoms with E-state index in [9.17, 15) is 10.1 Å². The summed E-state index contributed by atoms with van der Waals surface area (Å²) in [6, 6.07) is 29.0. The maximum atomic E-state index is 13.1. The van der Waals surface area contributed by atoms with Gasteiger partial charge in [0.15, 0.2) is 0 Å². The van der Waals surface area contributed by atoms with Gasteiger partial charge in [-0.05, 0) is 51.7 Å². The minimum Gasteiger partial charge on any atom is -0.359 e. The van der Waals surface area contributed by atoms with Crippen molar-refractivity contribution in [2.24, 2.45) is 0 Å². The molecule has 34 heavy (non-hydrogen) atoms. The lowest BCUT2D eigenvalue weighted by atomic mass is 9.96. The number of carbonyl (C=O) groups is 1. The molecule has 5 nitrogen and oxygen atoms in total. The van der Waals surface area contributed by atoms with E-state index in [1.807, 2.05) is 37.3 Å². The third kappa shape index (κ3) is 5.56. The second-order valence-electron chi connectivity index (χ2n) is 8.35. The summed E-state index contributed by atoms with van der Waals surface area (Å²) in [4.78, 5) is 17.2. The first-order chi connectivity index (χ1) is 16.6. The second-order valence-corrected chi connectivity index (χ2v) is 9.20. The molecular weight excluding hydrogens is 488 g/mol. The molecule has 0 aromatic heterocycles. The number of halogens is 1. The van der Waals surface area contributed by atoms with Crippen LogP contribution in [-0.4, -0.2) is 41.9 Å². The van der Waals surface area contributed by atoms with Crippen molar-refractivity contribution < 1.29 is 4.79 Å². The van der Waals surface area contributed by atoms with Crippen LogP contribution in [-0.2, 0) is 4.79 Å². The van der Waals surface area contributed by atoms with Crippen molar-refractivity contribution in [1.29, 1.82) is 5.26 Å². The first-order valence-corrected chi connectivity index (χ1v) is 12.1. The Kier molecular flexibility index (Phi) is 7.79. The average molecular weight is 515 g/mol. The Hall–Kier alpha value is -3.40. The van der Waals surface area contributed by atoms with Gasteiger partial charge in [-0.1, -0.05) is 66.7 Å². The van der Waals surface area contributed by atoms with Gasteiger partial charge in [0.2, 0.25) is 0 Å². The van der Waals surface area contributed by atoms with E-state index in [-0.39, 0.29) is 17.5 Å². The molecule has 0 bridgehead atoms. The number of anilines is 1. The van der Waals surface area contributed by atoms with E-state index >= 15 is 0 Å². The fourth-order valence-corrected chi connectivity index (χ4v) is 4.87. The zero-order valence-corrected chi connectivity index (χ0v) is 20.7. The zero-order valence-electron chi connectivity index (χ0n) is 19.1. The summed E-state index contributed by atoms with van der Waals surface area (Å²) in [7, 11) is 0. The normalized spacial score (nSPS) is 14.6. The number of carbonyl (C=O) groups excluding carboxylic acids is 1. The molecule has 1 heterocycles. The van der Waals surface area contributed by atoms with Crippen molar-refractivity contribution in [2.45, 2.75) is 13.0 Å². The maximum Gasteiger partial charge on any atom is 0.266 e. The number of aryl methyl sites for hydroxylation is 1. The Bertz CT molecular complexity index is 1160. The molecule has 3 aromatic carbocycles. The number of nitrogens with one attached hydrogen (secondary N) is 1. The van der Waals surface area contributed by atoms with E-state index in [4.69, 9.17) is 0 Å². The minimum atomic E-state index is -0.242. The van der Waals surface area contributed by atoms with Crippen LogP contribution in [0.4, 0.5) is 5.69 Å². The molecule has 1 aliphatic heterocycles. The highest BCUT2D eigenvalue weighted by atomic mass is 79.9. The number of nitriles is 1. The van der Waals surface area contributed by atoms with Crippen LogP contribution in [0.2, 0.25) is 0 Å². The number of rotatable bonds is 6. The van der Waals surface area contributed by atoms with Crippen LogP contribution in [0.15, 0.2) is 95.1 Å². The van der Waals surface area contributed by atoms with Crippen LogP contribution in [0.25, 0.3) is 0 Å². The summed E-state index contributed by atoms with van der Waals surface area (Å²) in [6.07, 6.45) is 1.50. The molecule has 0 atom stereocenters. The SMILES string of the molecule is Cc1ccc(N/C=C(/C#N)C(=O)N2CCN(C(c3ccccc3)c3ccccc3)CC2)c(Br)c1. The highest BCUT2D eigenvalue weighted by Gasteiger charge is 2.29.